The van der Waals surface area contributed by atoms with E-state index in [-0.39, 0.29) is 11.3 Å². The standard InChI is InChI=1S/C13H17FN2O3S/c1-13(2,20(3,17)18)12(16-15)10-7-8-5-4-6-9(14)11(8)19-10/h4-7,12,16H,15H2,1-3H3. The number of para-hydroxylation sites is 1. The Bertz CT molecular complexity index is 737. The molecule has 0 aliphatic heterocycles. The van der Waals surface area contributed by atoms with Crippen molar-refractivity contribution in [3.8, 4) is 0 Å². The maximum atomic E-state index is 13.6. The number of fused-ring (bicyclic) bond motifs is 1. The summed E-state index contributed by atoms with van der Waals surface area (Å²) < 4.78 is 41.7. The fourth-order valence-corrected chi connectivity index (χ4v) is 2.64. The Balaban J connectivity index is 2.58. The van der Waals surface area contributed by atoms with Crippen LogP contribution in [-0.4, -0.2) is 19.4 Å². The predicted molar refractivity (Wildman–Crippen MR) is 75.2 cm³/mol. The van der Waals surface area contributed by atoms with Crippen molar-refractivity contribution in [2.75, 3.05) is 6.26 Å². The number of hydrogen-bond acceptors (Lipinski definition) is 5. The molecule has 0 aliphatic rings. The molecule has 3 N–H and O–H groups in total. The first kappa shape index (κ1) is 15.0. The molecule has 0 bridgehead atoms. The van der Waals surface area contributed by atoms with Gasteiger partial charge in [-0.3, -0.25) is 5.84 Å². The summed E-state index contributed by atoms with van der Waals surface area (Å²) in [6.45, 7) is 3.08. The third-order valence-electron chi connectivity index (χ3n) is 3.62. The molecule has 7 heteroatoms. The minimum Gasteiger partial charge on any atom is -0.456 e. The molecule has 1 aromatic heterocycles. The number of nitrogens with two attached hydrogens (primary N) is 1. The van der Waals surface area contributed by atoms with E-state index in [0.717, 1.165) is 6.26 Å². The lowest BCUT2D eigenvalue weighted by Crippen LogP contribution is -2.47. The summed E-state index contributed by atoms with van der Waals surface area (Å²) in [4.78, 5) is 0. The van der Waals surface area contributed by atoms with Gasteiger partial charge in [-0.2, -0.15) is 0 Å². The first-order valence-electron chi connectivity index (χ1n) is 6.02. The molecule has 0 aliphatic carbocycles. The second-order valence-electron chi connectivity index (χ2n) is 5.28. The van der Waals surface area contributed by atoms with Crippen LogP contribution in [0.5, 0.6) is 0 Å². The summed E-state index contributed by atoms with van der Waals surface area (Å²) in [6, 6.07) is 5.33. The van der Waals surface area contributed by atoms with Gasteiger partial charge in [0.15, 0.2) is 21.2 Å². The zero-order valence-corrected chi connectivity index (χ0v) is 12.3. The van der Waals surface area contributed by atoms with E-state index in [9.17, 15) is 12.8 Å². The molecule has 1 aromatic carbocycles. The minimum absolute atomic E-state index is 0.0899. The van der Waals surface area contributed by atoms with Crippen LogP contribution in [0.4, 0.5) is 4.39 Å². The summed E-state index contributed by atoms with van der Waals surface area (Å²) in [7, 11) is -3.41. The lowest BCUT2D eigenvalue weighted by atomic mass is 10.0. The smallest absolute Gasteiger partial charge is 0.169 e. The van der Waals surface area contributed by atoms with Gasteiger partial charge in [0.25, 0.3) is 0 Å². The van der Waals surface area contributed by atoms with Gasteiger partial charge < -0.3 is 4.42 Å². The molecule has 0 fully saturated rings. The van der Waals surface area contributed by atoms with Gasteiger partial charge in [0, 0.05) is 11.6 Å². The lowest BCUT2D eigenvalue weighted by Gasteiger charge is -2.30. The molecule has 2 aromatic rings. The zero-order chi connectivity index (χ0) is 15.1. The first-order valence-corrected chi connectivity index (χ1v) is 7.91. The summed E-state index contributed by atoms with van der Waals surface area (Å²) in [5.74, 6) is 5.26. The highest BCUT2D eigenvalue weighted by Crippen LogP contribution is 2.35. The molecule has 1 unspecified atom stereocenters. The van der Waals surface area contributed by atoms with E-state index in [1.165, 1.54) is 19.9 Å². The van der Waals surface area contributed by atoms with Crippen LogP contribution >= 0.6 is 0 Å². The molecule has 0 amide bonds. The Morgan fingerprint density at radius 2 is 2.05 bits per heavy atom. The Kier molecular flexibility index (Phi) is 3.62. The summed E-state index contributed by atoms with van der Waals surface area (Å²) in [5.41, 5.74) is 2.54. The van der Waals surface area contributed by atoms with E-state index in [4.69, 9.17) is 10.3 Å². The Morgan fingerprint density at radius 3 is 2.55 bits per heavy atom. The second-order valence-corrected chi connectivity index (χ2v) is 7.88. The van der Waals surface area contributed by atoms with Crippen LogP contribution in [-0.2, 0) is 9.84 Å². The van der Waals surface area contributed by atoms with Gasteiger partial charge in [-0.25, -0.2) is 18.2 Å². The van der Waals surface area contributed by atoms with Crippen molar-refractivity contribution in [2.45, 2.75) is 24.6 Å². The normalized spacial score (nSPS) is 14.7. The van der Waals surface area contributed by atoms with Gasteiger partial charge in [-0.15, -0.1) is 0 Å². The van der Waals surface area contributed by atoms with Crippen molar-refractivity contribution in [3.05, 3.63) is 35.8 Å². The number of halogens is 1. The van der Waals surface area contributed by atoms with E-state index in [1.807, 2.05) is 0 Å². The van der Waals surface area contributed by atoms with Crippen LogP contribution in [0.15, 0.2) is 28.7 Å². The molecule has 0 saturated heterocycles. The van der Waals surface area contributed by atoms with Crippen molar-refractivity contribution in [3.63, 3.8) is 0 Å². The van der Waals surface area contributed by atoms with Crippen LogP contribution in [0.25, 0.3) is 11.0 Å². The van der Waals surface area contributed by atoms with Gasteiger partial charge in [0.05, 0.1) is 10.8 Å². The molecule has 0 spiro atoms. The highest BCUT2D eigenvalue weighted by atomic mass is 32.2. The van der Waals surface area contributed by atoms with Crippen molar-refractivity contribution in [1.29, 1.82) is 0 Å². The fraction of sp³-hybridized carbons (Fsp3) is 0.385. The monoisotopic (exact) mass is 300 g/mol. The van der Waals surface area contributed by atoms with Crippen molar-refractivity contribution >= 4 is 20.8 Å². The number of furan rings is 1. The molecule has 20 heavy (non-hydrogen) atoms. The number of hydrazine groups is 1. The van der Waals surface area contributed by atoms with Crippen LogP contribution in [0.2, 0.25) is 0 Å². The zero-order valence-electron chi connectivity index (χ0n) is 11.5. The Morgan fingerprint density at radius 1 is 1.40 bits per heavy atom. The van der Waals surface area contributed by atoms with Crippen molar-refractivity contribution < 1.29 is 17.2 Å². The molecule has 110 valence electrons. The molecular weight excluding hydrogens is 283 g/mol. The third kappa shape index (κ3) is 2.32. The minimum atomic E-state index is -3.41. The molecule has 0 radical (unpaired) electrons. The van der Waals surface area contributed by atoms with E-state index in [2.05, 4.69) is 5.43 Å². The average molecular weight is 300 g/mol. The Labute approximate surface area is 116 Å². The summed E-state index contributed by atoms with van der Waals surface area (Å²) in [6.07, 6.45) is 1.13. The van der Waals surface area contributed by atoms with Gasteiger partial charge in [-0.1, -0.05) is 12.1 Å². The van der Waals surface area contributed by atoms with E-state index < -0.39 is 26.4 Å². The third-order valence-corrected chi connectivity index (χ3v) is 5.76. The number of sulfone groups is 1. The number of rotatable bonds is 4. The average Bonchev–Trinajstić information content (AvgIpc) is 2.73. The molecule has 2 rings (SSSR count). The van der Waals surface area contributed by atoms with Crippen LogP contribution in [0.3, 0.4) is 0 Å². The Hall–Kier alpha value is -1.44. The highest BCUT2D eigenvalue weighted by Gasteiger charge is 2.41. The second kappa shape index (κ2) is 4.83. The molecule has 1 heterocycles. The molecule has 0 saturated carbocycles. The predicted octanol–water partition coefficient (Wildman–Crippen LogP) is 1.90. The maximum Gasteiger partial charge on any atom is 0.169 e. The van der Waals surface area contributed by atoms with Gasteiger partial charge in [0.2, 0.25) is 0 Å². The summed E-state index contributed by atoms with van der Waals surface area (Å²) in [5, 5.41) is 0.560. The largest absolute Gasteiger partial charge is 0.456 e. The van der Waals surface area contributed by atoms with Crippen molar-refractivity contribution in [1.82, 2.24) is 5.43 Å². The van der Waals surface area contributed by atoms with E-state index >= 15 is 0 Å². The maximum absolute atomic E-state index is 13.6. The van der Waals surface area contributed by atoms with Gasteiger partial charge >= 0.3 is 0 Å². The fourth-order valence-electron chi connectivity index (χ4n) is 2.03. The SMILES string of the molecule is CC(C)(C(NN)c1cc2cccc(F)c2o1)S(C)(=O)=O. The molecule has 5 nitrogen and oxygen atoms in total. The van der Waals surface area contributed by atoms with Crippen LogP contribution in [0.1, 0.15) is 25.6 Å². The first-order chi connectivity index (χ1) is 9.18. The number of hydrogen-bond donors (Lipinski definition) is 2. The topological polar surface area (TPSA) is 85.3 Å². The van der Waals surface area contributed by atoms with Crippen LogP contribution in [0, 0.1) is 5.82 Å². The molecular formula is C13H17FN2O3S. The number of nitrogens with one attached hydrogen (secondary N) is 1. The summed E-state index contributed by atoms with van der Waals surface area (Å²) >= 11 is 0. The van der Waals surface area contributed by atoms with E-state index in [1.54, 1.807) is 18.2 Å². The van der Waals surface area contributed by atoms with Crippen molar-refractivity contribution in [2.24, 2.45) is 5.84 Å². The lowest BCUT2D eigenvalue weighted by molar-refractivity contribution is 0.363. The quantitative estimate of drug-likeness (QED) is 0.665. The van der Waals surface area contributed by atoms with E-state index in [0.29, 0.717) is 5.39 Å². The van der Waals surface area contributed by atoms with Crippen LogP contribution < -0.4 is 11.3 Å². The van der Waals surface area contributed by atoms with Gasteiger partial charge in [-0.05, 0) is 26.0 Å². The van der Waals surface area contributed by atoms with Gasteiger partial charge in [0.1, 0.15) is 5.76 Å². The number of benzene rings is 1. The molecule has 1 atom stereocenters. The highest BCUT2D eigenvalue weighted by molar-refractivity contribution is 7.92.